The summed E-state index contributed by atoms with van der Waals surface area (Å²) < 4.78 is 5.33. The van der Waals surface area contributed by atoms with Crippen LogP contribution in [0.4, 0.5) is 11.4 Å². The maximum atomic E-state index is 12.3. The zero-order valence-electron chi connectivity index (χ0n) is 11.9. The van der Waals surface area contributed by atoms with E-state index in [9.17, 15) is 9.59 Å². The van der Waals surface area contributed by atoms with Crippen molar-refractivity contribution in [2.75, 3.05) is 10.6 Å². The molecular weight excluding hydrogens is 304 g/mol. The van der Waals surface area contributed by atoms with E-state index in [1.54, 1.807) is 24.5 Å². The van der Waals surface area contributed by atoms with Crippen LogP contribution in [0.25, 0.3) is 0 Å². The van der Waals surface area contributed by atoms with Crippen LogP contribution in [0, 0.1) is 5.92 Å². The van der Waals surface area contributed by atoms with Crippen molar-refractivity contribution < 1.29 is 14.0 Å². The molecule has 1 aliphatic rings. The summed E-state index contributed by atoms with van der Waals surface area (Å²) in [7, 11) is 0. The molecule has 2 atom stereocenters. The monoisotopic (exact) mass is 318 g/mol. The minimum atomic E-state index is -0.210. The van der Waals surface area contributed by atoms with Gasteiger partial charge in [0.25, 0.3) is 0 Å². The Morgan fingerprint density at radius 2 is 2.05 bits per heavy atom. The van der Waals surface area contributed by atoms with Gasteiger partial charge in [-0.05, 0) is 36.8 Å². The lowest BCUT2D eigenvalue weighted by atomic mass is 10.2. The highest BCUT2D eigenvalue weighted by atomic mass is 35.5. The second kappa shape index (κ2) is 5.85. The maximum Gasteiger partial charge on any atom is 0.228 e. The Kier molecular flexibility index (Phi) is 3.90. The van der Waals surface area contributed by atoms with Crippen molar-refractivity contribution in [3.8, 4) is 0 Å². The minimum Gasteiger partial charge on any atom is -0.469 e. The molecule has 2 N–H and O–H groups in total. The number of nitrogens with one attached hydrogen (secondary N) is 2. The maximum absolute atomic E-state index is 12.3. The summed E-state index contributed by atoms with van der Waals surface area (Å²) >= 11 is 5.96. The molecule has 0 radical (unpaired) electrons. The van der Waals surface area contributed by atoms with Crippen LogP contribution in [0.3, 0.4) is 0 Å². The number of amides is 2. The Morgan fingerprint density at radius 3 is 2.73 bits per heavy atom. The van der Waals surface area contributed by atoms with Crippen LogP contribution >= 0.6 is 11.6 Å². The van der Waals surface area contributed by atoms with Crippen LogP contribution < -0.4 is 10.6 Å². The number of furan rings is 1. The molecule has 0 spiro atoms. The van der Waals surface area contributed by atoms with Crippen molar-refractivity contribution in [1.82, 2.24) is 0 Å². The molecule has 5 nitrogen and oxygen atoms in total. The molecule has 2 amide bonds. The summed E-state index contributed by atoms with van der Waals surface area (Å²) in [5, 5.41) is 5.99. The lowest BCUT2D eigenvalue weighted by Gasteiger charge is -2.11. The van der Waals surface area contributed by atoms with Gasteiger partial charge in [-0.3, -0.25) is 9.59 Å². The number of rotatable bonds is 4. The molecule has 1 saturated carbocycles. The van der Waals surface area contributed by atoms with Gasteiger partial charge in [0.2, 0.25) is 11.8 Å². The molecule has 0 aliphatic heterocycles. The number of anilines is 2. The van der Waals surface area contributed by atoms with Crippen molar-refractivity contribution in [3.63, 3.8) is 0 Å². The third-order valence-electron chi connectivity index (χ3n) is 3.59. The van der Waals surface area contributed by atoms with Gasteiger partial charge >= 0.3 is 0 Å². The second-order valence-corrected chi connectivity index (χ2v) is 5.76. The van der Waals surface area contributed by atoms with Gasteiger partial charge in [0.15, 0.2) is 0 Å². The van der Waals surface area contributed by atoms with Gasteiger partial charge in [-0.15, -0.1) is 0 Å². The highest BCUT2D eigenvalue weighted by molar-refractivity contribution is 6.31. The summed E-state index contributed by atoms with van der Waals surface area (Å²) in [6.45, 7) is 1.41. The predicted octanol–water partition coefficient (Wildman–Crippen LogP) is 3.63. The summed E-state index contributed by atoms with van der Waals surface area (Å²) in [5.41, 5.74) is 1.03. The predicted molar refractivity (Wildman–Crippen MR) is 83.9 cm³/mol. The van der Waals surface area contributed by atoms with Gasteiger partial charge < -0.3 is 15.1 Å². The molecule has 114 valence electrons. The number of carbonyl (C=O) groups excluding carboxylic acids is 2. The zero-order chi connectivity index (χ0) is 15.7. The largest absolute Gasteiger partial charge is 0.469 e. The van der Waals surface area contributed by atoms with E-state index < -0.39 is 0 Å². The molecule has 6 heteroatoms. The van der Waals surface area contributed by atoms with Gasteiger partial charge in [0.05, 0.1) is 17.6 Å². The molecule has 1 heterocycles. The molecule has 2 aromatic rings. The Hall–Kier alpha value is -2.27. The first-order valence-corrected chi connectivity index (χ1v) is 7.34. The molecule has 1 fully saturated rings. The van der Waals surface area contributed by atoms with Gasteiger partial charge in [0.1, 0.15) is 5.76 Å². The van der Waals surface area contributed by atoms with Crippen LogP contribution in [0.5, 0.6) is 0 Å². The fourth-order valence-corrected chi connectivity index (χ4v) is 2.62. The van der Waals surface area contributed by atoms with Gasteiger partial charge in [-0.25, -0.2) is 0 Å². The lowest BCUT2D eigenvalue weighted by Crippen LogP contribution is -2.17. The molecular formula is C16H15ClN2O3. The Bertz CT molecular complexity index is 712. The highest BCUT2D eigenvalue weighted by Crippen LogP contribution is 2.48. The van der Waals surface area contributed by atoms with E-state index in [2.05, 4.69) is 10.6 Å². The quantitative estimate of drug-likeness (QED) is 0.904. The number of carbonyl (C=O) groups is 2. The molecule has 1 aromatic heterocycles. The number of hydrogen-bond acceptors (Lipinski definition) is 3. The topological polar surface area (TPSA) is 71.3 Å². The van der Waals surface area contributed by atoms with E-state index >= 15 is 0 Å². The van der Waals surface area contributed by atoms with Crippen LogP contribution in [-0.2, 0) is 9.59 Å². The summed E-state index contributed by atoms with van der Waals surface area (Å²) in [6.07, 6.45) is 2.36. The molecule has 0 saturated heterocycles. The van der Waals surface area contributed by atoms with E-state index in [-0.39, 0.29) is 23.7 Å². The van der Waals surface area contributed by atoms with E-state index in [0.717, 1.165) is 12.2 Å². The van der Waals surface area contributed by atoms with Crippen molar-refractivity contribution >= 4 is 34.8 Å². The average Bonchev–Trinajstić information content (AvgIpc) is 3.08. The molecule has 1 aliphatic carbocycles. The number of hydrogen-bond donors (Lipinski definition) is 2. The Morgan fingerprint density at radius 1 is 1.23 bits per heavy atom. The molecule has 0 unspecified atom stereocenters. The standard InChI is InChI=1S/C16H15ClN2O3/c1-9(20)18-13-5-4-10(17)7-14(13)19-16(21)12-8-11(12)15-3-2-6-22-15/h2-7,11-12H,8H2,1H3,(H,18,20)(H,19,21)/t11-,12-/m1/s1. The third kappa shape index (κ3) is 3.14. The third-order valence-corrected chi connectivity index (χ3v) is 3.82. The van der Waals surface area contributed by atoms with Crippen molar-refractivity contribution in [2.45, 2.75) is 19.3 Å². The first kappa shape index (κ1) is 14.7. The fourth-order valence-electron chi connectivity index (χ4n) is 2.45. The minimum absolute atomic E-state index is 0.102. The zero-order valence-corrected chi connectivity index (χ0v) is 12.7. The molecule has 0 bridgehead atoms. The molecule has 1 aromatic carbocycles. The SMILES string of the molecule is CC(=O)Nc1ccc(Cl)cc1NC(=O)[C@@H]1C[C@H]1c1ccco1. The Balaban J connectivity index is 1.72. The highest BCUT2D eigenvalue weighted by Gasteiger charge is 2.45. The van der Waals surface area contributed by atoms with E-state index in [4.69, 9.17) is 16.0 Å². The normalized spacial score (nSPS) is 19.5. The first-order valence-electron chi connectivity index (χ1n) is 6.96. The second-order valence-electron chi connectivity index (χ2n) is 5.32. The molecule has 3 rings (SSSR count). The van der Waals surface area contributed by atoms with Gasteiger partial charge in [-0.1, -0.05) is 11.6 Å². The van der Waals surface area contributed by atoms with Crippen LogP contribution in [0.1, 0.15) is 25.0 Å². The van der Waals surface area contributed by atoms with Crippen LogP contribution in [-0.4, -0.2) is 11.8 Å². The van der Waals surface area contributed by atoms with Crippen molar-refractivity contribution in [3.05, 3.63) is 47.4 Å². The lowest BCUT2D eigenvalue weighted by molar-refractivity contribution is -0.117. The van der Waals surface area contributed by atoms with Crippen molar-refractivity contribution in [2.24, 2.45) is 5.92 Å². The summed E-state index contributed by atoms with van der Waals surface area (Å²) in [6, 6.07) is 8.63. The van der Waals surface area contributed by atoms with E-state index in [0.29, 0.717) is 16.4 Å². The average molecular weight is 319 g/mol. The first-order chi connectivity index (χ1) is 10.5. The summed E-state index contributed by atoms with van der Waals surface area (Å²) in [5.74, 6) is 0.523. The van der Waals surface area contributed by atoms with E-state index in [1.165, 1.54) is 6.92 Å². The van der Waals surface area contributed by atoms with Gasteiger partial charge in [-0.2, -0.15) is 0 Å². The van der Waals surface area contributed by atoms with Crippen LogP contribution in [0.15, 0.2) is 41.0 Å². The van der Waals surface area contributed by atoms with Gasteiger partial charge in [0, 0.05) is 23.8 Å². The number of halogens is 1. The van der Waals surface area contributed by atoms with E-state index in [1.807, 2.05) is 12.1 Å². The smallest absolute Gasteiger partial charge is 0.228 e. The number of benzene rings is 1. The van der Waals surface area contributed by atoms with Crippen LogP contribution in [0.2, 0.25) is 5.02 Å². The van der Waals surface area contributed by atoms with Crippen molar-refractivity contribution in [1.29, 1.82) is 0 Å². The fraction of sp³-hybridized carbons (Fsp3) is 0.250. The Labute approximate surface area is 132 Å². The summed E-state index contributed by atoms with van der Waals surface area (Å²) in [4.78, 5) is 23.5. The molecule has 22 heavy (non-hydrogen) atoms.